The highest BCUT2D eigenvalue weighted by molar-refractivity contribution is 5.68. The summed E-state index contributed by atoms with van der Waals surface area (Å²) >= 11 is 0. The van der Waals surface area contributed by atoms with Crippen molar-refractivity contribution in [1.29, 1.82) is 0 Å². The maximum Gasteiger partial charge on any atom is 0.165 e. The number of rotatable bonds is 1. The molecule has 0 unspecified atom stereocenters. The molecule has 2 nitrogen and oxygen atoms in total. The van der Waals surface area contributed by atoms with Crippen LogP contribution in [0, 0.1) is 19.7 Å². The Morgan fingerprint density at radius 1 is 1.25 bits per heavy atom. The van der Waals surface area contributed by atoms with E-state index in [0.29, 0.717) is 0 Å². The molecule has 1 aromatic carbocycles. The van der Waals surface area contributed by atoms with Crippen molar-refractivity contribution in [2.24, 2.45) is 0 Å². The minimum Gasteiger partial charge on any atom is -0.381 e. The van der Waals surface area contributed by atoms with Crippen molar-refractivity contribution in [1.82, 2.24) is 4.98 Å². The quantitative estimate of drug-likeness (QED) is 0.795. The molecule has 0 spiro atoms. The average molecular weight is 216 g/mol. The zero-order valence-corrected chi connectivity index (χ0v) is 9.29. The van der Waals surface area contributed by atoms with Gasteiger partial charge in [-0.15, -0.1) is 0 Å². The van der Waals surface area contributed by atoms with E-state index in [0.717, 1.165) is 16.7 Å². The van der Waals surface area contributed by atoms with Crippen LogP contribution in [0.25, 0.3) is 11.1 Å². The standard InChI is InChI=1S/C13H13FN2/c1-8-4-3-5-11(9(8)2)10-6-12(14)13(15)16-7-10/h3-7H,1-2H3,(H2,15,16). The SMILES string of the molecule is Cc1cccc(-c2cnc(N)c(F)c2)c1C. The summed E-state index contributed by atoms with van der Waals surface area (Å²) in [5.74, 6) is -0.535. The van der Waals surface area contributed by atoms with E-state index in [1.54, 1.807) is 6.20 Å². The Hall–Kier alpha value is -1.90. The molecule has 0 aliphatic rings. The van der Waals surface area contributed by atoms with Gasteiger partial charge in [-0.1, -0.05) is 18.2 Å². The third-order valence-corrected chi connectivity index (χ3v) is 2.79. The number of aryl methyl sites for hydroxylation is 1. The number of nitrogen functional groups attached to an aromatic ring is 1. The highest BCUT2D eigenvalue weighted by atomic mass is 19.1. The number of benzene rings is 1. The average Bonchev–Trinajstić information content (AvgIpc) is 2.26. The number of nitrogens with zero attached hydrogens (tertiary/aromatic N) is 1. The van der Waals surface area contributed by atoms with Crippen LogP contribution in [0.1, 0.15) is 11.1 Å². The Kier molecular flexibility index (Phi) is 2.60. The Balaban J connectivity index is 2.59. The first kappa shape index (κ1) is 10.6. The van der Waals surface area contributed by atoms with Gasteiger partial charge in [-0.2, -0.15) is 0 Å². The molecule has 0 saturated carbocycles. The van der Waals surface area contributed by atoms with E-state index in [2.05, 4.69) is 4.98 Å². The highest BCUT2D eigenvalue weighted by Gasteiger charge is 2.07. The van der Waals surface area contributed by atoms with Crippen LogP contribution in [0.4, 0.5) is 10.2 Å². The summed E-state index contributed by atoms with van der Waals surface area (Å²) in [5, 5.41) is 0. The van der Waals surface area contributed by atoms with Crippen LogP contribution in [0.5, 0.6) is 0 Å². The fraction of sp³-hybridized carbons (Fsp3) is 0.154. The summed E-state index contributed by atoms with van der Waals surface area (Å²) in [6.07, 6.45) is 1.60. The van der Waals surface area contributed by atoms with E-state index in [9.17, 15) is 4.39 Å². The zero-order chi connectivity index (χ0) is 11.7. The fourth-order valence-corrected chi connectivity index (χ4v) is 1.66. The van der Waals surface area contributed by atoms with Crippen LogP contribution >= 0.6 is 0 Å². The minimum atomic E-state index is -0.474. The van der Waals surface area contributed by atoms with Crippen molar-refractivity contribution in [3.63, 3.8) is 0 Å². The molecule has 0 atom stereocenters. The third-order valence-electron chi connectivity index (χ3n) is 2.79. The van der Waals surface area contributed by atoms with Crippen LogP contribution in [-0.2, 0) is 0 Å². The lowest BCUT2D eigenvalue weighted by Gasteiger charge is -2.08. The molecular formula is C13H13FN2. The van der Waals surface area contributed by atoms with Gasteiger partial charge in [0, 0.05) is 11.8 Å². The number of nitrogens with two attached hydrogens (primary N) is 1. The summed E-state index contributed by atoms with van der Waals surface area (Å²) in [7, 11) is 0. The zero-order valence-electron chi connectivity index (χ0n) is 9.29. The first-order chi connectivity index (χ1) is 7.59. The molecule has 82 valence electrons. The molecule has 0 radical (unpaired) electrons. The fourth-order valence-electron chi connectivity index (χ4n) is 1.66. The van der Waals surface area contributed by atoms with Gasteiger partial charge in [0.25, 0.3) is 0 Å². The molecule has 0 fully saturated rings. The van der Waals surface area contributed by atoms with Gasteiger partial charge in [-0.05, 0) is 36.6 Å². The lowest BCUT2D eigenvalue weighted by Crippen LogP contribution is -1.96. The van der Waals surface area contributed by atoms with Crippen molar-refractivity contribution < 1.29 is 4.39 Å². The van der Waals surface area contributed by atoms with Crippen LogP contribution in [-0.4, -0.2) is 4.98 Å². The van der Waals surface area contributed by atoms with Crippen molar-refractivity contribution in [2.75, 3.05) is 5.73 Å². The van der Waals surface area contributed by atoms with E-state index in [-0.39, 0.29) is 5.82 Å². The van der Waals surface area contributed by atoms with Gasteiger partial charge >= 0.3 is 0 Å². The molecule has 0 aliphatic heterocycles. The van der Waals surface area contributed by atoms with E-state index in [4.69, 9.17) is 5.73 Å². The normalized spacial score (nSPS) is 10.4. The second kappa shape index (κ2) is 3.93. The van der Waals surface area contributed by atoms with Crippen LogP contribution < -0.4 is 5.73 Å². The second-order valence-corrected chi connectivity index (χ2v) is 3.84. The molecule has 2 rings (SSSR count). The maximum atomic E-state index is 13.3. The summed E-state index contributed by atoms with van der Waals surface area (Å²) in [6.45, 7) is 4.04. The molecule has 2 aromatic rings. The van der Waals surface area contributed by atoms with E-state index in [1.807, 2.05) is 32.0 Å². The lowest BCUT2D eigenvalue weighted by atomic mass is 9.98. The van der Waals surface area contributed by atoms with Gasteiger partial charge < -0.3 is 5.73 Å². The van der Waals surface area contributed by atoms with Gasteiger partial charge in [0.2, 0.25) is 0 Å². The Morgan fingerprint density at radius 2 is 2.00 bits per heavy atom. The summed E-state index contributed by atoms with van der Waals surface area (Å²) < 4.78 is 13.3. The van der Waals surface area contributed by atoms with E-state index >= 15 is 0 Å². The van der Waals surface area contributed by atoms with Gasteiger partial charge in [-0.3, -0.25) is 0 Å². The molecule has 2 N–H and O–H groups in total. The molecular weight excluding hydrogens is 203 g/mol. The smallest absolute Gasteiger partial charge is 0.165 e. The van der Waals surface area contributed by atoms with E-state index in [1.165, 1.54) is 11.6 Å². The van der Waals surface area contributed by atoms with Gasteiger partial charge in [0.05, 0.1) is 0 Å². The molecule has 16 heavy (non-hydrogen) atoms. The van der Waals surface area contributed by atoms with Crippen LogP contribution in [0.15, 0.2) is 30.5 Å². The Morgan fingerprint density at radius 3 is 2.69 bits per heavy atom. The second-order valence-electron chi connectivity index (χ2n) is 3.84. The number of aromatic nitrogens is 1. The molecule has 1 heterocycles. The molecule has 0 aliphatic carbocycles. The number of halogens is 1. The first-order valence-corrected chi connectivity index (χ1v) is 5.07. The molecule has 0 bridgehead atoms. The highest BCUT2D eigenvalue weighted by Crippen LogP contribution is 2.26. The van der Waals surface area contributed by atoms with Crippen molar-refractivity contribution in [2.45, 2.75) is 13.8 Å². The number of pyridine rings is 1. The number of anilines is 1. The predicted octanol–water partition coefficient (Wildman–Crippen LogP) is 3.09. The van der Waals surface area contributed by atoms with Gasteiger partial charge in [0.15, 0.2) is 11.6 Å². The van der Waals surface area contributed by atoms with Crippen molar-refractivity contribution in [3.8, 4) is 11.1 Å². The Bertz CT molecular complexity index is 535. The Labute approximate surface area is 93.9 Å². The predicted molar refractivity (Wildman–Crippen MR) is 63.5 cm³/mol. The summed E-state index contributed by atoms with van der Waals surface area (Å²) in [6, 6.07) is 7.35. The largest absolute Gasteiger partial charge is 0.381 e. The molecule has 3 heteroatoms. The van der Waals surface area contributed by atoms with Gasteiger partial charge in [-0.25, -0.2) is 9.37 Å². The van der Waals surface area contributed by atoms with Gasteiger partial charge in [0.1, 0.15) is 0 Å². The monoisotopic (exact) mass is 216 g/mol. The molecule has 0 saturated heterocycles. The van der Waals surface area contributed by atoms with Crippen molar-refractivity contribution >= 4 is 5.82 Å². The minimum absolute atomic E-state index is 0.0611. The maximum absolute atomic E-state index is 13.3. The number of hydrogen-bond acceptors (Lipinski definition) is 2. The lowest BCUT2D eigenvalue weighted by molar-refractivity contribution is 0.628. The number of hydrogen-bond donors (Lipinski definition) is 1. The summed E-state index contributed by atoms with van der Waals surface area (Å²) in [4.78, 5) is 3.83. The van der Waals surface area contributed by atoms with Crippen molar-refractivity contribution in [3.05, 3.63) is 47.4 Å². The van der Waals surface area contributed by atoms with Crippen LogP contribution in [0.2, 0.25) is 0 Å². The van der Waals surface area contributed by atoms with Crippen LogP contribution in [0.3, 0.4) is 0 Å². The topological polar surface area (TPSA) is 38.9 Å². The molecule has 0 amide bonds. The third kappa shape index (κ3) is 1.76. The first-order valence-electron chi connectivity index (χ1n) is 5.07. The van der Waals surface area contributed by atoms with E-state index < -0.39 is 5.82 Å². The summed E-state index contributed by atoms with van der Waals surface area (Å²) in [5.41, 5.74) is 9.41. The molecule has 1 aromatic heterocycles.